The van der Waals surface area contributed by atoms with Gasteiger partial charge in [0.25, 0.3) is 11.8 Å². The Hall–Kier alpha value is -3.11. The molecule has 0 fully saturated rings. The highest BCUT2D eigenvalue weighted by Crippen LogP contribution is 2.39. The maximum Gasteiger partial charge on any atom is 0.266 e. The topological polar surface area (TPSA) is 105 Å². The van der Waals surface area contributed by atoms with Gasteiger partial charge in [0.05, 0.1) is 12.7 Å². The molecule has 1 heterocycles. The van der Waals surface area contributed by atoms with E-state index in [2.05, 4.69) is 5.32 Å². The molecule has 132 valence electrons. The molecular formula is C19H17N3O3S. The molecule has 26 heavy (non-hydrogen) atoms. The lowest BCUT2D eigenvalue weighted by Gasteiger charge is -2.05. The van der Waals surface area contributed by atoms with Gasteiger partial charge >= 0.3 is 0 Å². The van der Waals surface area contributed by atoms with Crippen molar-refractivity contribution >= 4 is 34.2 Å². The first-order valence-electron chi connectivity index (χ1n) is 8.05. The monoisotopic (exact) mass is 367 g/mol. The molecule has 1 aromatic heterocycles. The SMILES string of the molecule is COc1ccc(/C=C(/C#N)C(=O)Nc2sc3c(c2C(N)=O)CCC3)cc1. The van der Waals surface area contributed by atoms with Crippen LogP contribution < -0.4 is 15.8 Å². The first-order chi connectivity index (χ1) is 12.5. The van der Waals surface area contributed by atoms with Gasteiger partial charge in [-0.05, 0) is 48.6 Å². The van der Waals surface area contributed by atoms with Crippen LogP contribution in [-0.4, -0.2) is 18.9 Å². The van der Waals surface area contributed by atoms with Crippen molar-refractivity contribution in [3.63, 3.8) is 0 Å². The molecular weight excluding hydrogens is 350 g/mol. The molecule has 2 amide bonds. The molecule has 0 spiro atoms. The molecule has 1 aliphatic rings. The molecule has 0 bridgehead atoms. The third-order valence-corrected chi connectivity index (χ3v) is 5.39. The maximum absolute atomic E-state index is 12.5. The summed E-state index contributed by atoms with van der Waals surface area (Å²) >= 11 is 1.36. The third-order valence-electron chi connectivity index (χ3n) is 4.19. The summed E-state index contributed by atoms with van der Waals surface area (Å²) in [5, 5.41) is 12.4. The van der Waals surface area contributed by atoms with E-state index in [-0.39, 0.29) is 5.57 Å². The fourth-order valence-corrected chi connectivity index (χ4v) is 4.23. The summed E-state index contributed by atoms with van der Waals surface area (Å²) < 4.78 is 5.08. The van der Waals surface area contributed by atoms with E-state index < -0.39 is 11.8 Å². The number of aryl methyl sites for hydroxylation is 1. The number of amides is 2. The zero-order valence-corrected chi connectivity index (χ0v) is 15.0. The first kappa shape index (κ1) is 17.7. The van der Waals surface area contributed by atoms with Crippen LogP contribution in [0.5, 0.6) is 5.75 Å². The minimum Gasteiger partial charge on any atom is -0.497 e. The van der Waals surface area contributed by atoms with Crippen molar-refractivity contribution in [3.8, 4) is 11.8 Å². The van der Waals surface area contributed by atoms with E-state index >= 15 is 0 Å². The smallest absolute Gasteiger partial charge is 0.266 e. The van der Waals surface area contributed by atoms with Gasteiger partial charge < -0.3 is 15.8 Å². The van der Waals surface area contributed by atoms with E-state index in [1.807, 2.05) is 6.07 Å². The standard InChI is InChI=1S/C19H17N3O3S/c1-25-13-7-5-11(6-8-13)9-12(10-20)18(24)22-19-16(17(21)23)14-3-2-4-15(14)26-19/h5-9H,2-4H2,1H3,(H2,21,23)(H,22,24)/b12-9-. The summed E-state index contributed by atoms with van der Waals surface area (Å²) in [6.07, 6.45) is 4.13. The Morgan fingerprint density at radius 1 is 1.31 bits per heavy atom. The number of nitriles is 1. The summed E-state index contributed by atoms with van der Waals surface area (Å²) in [4.78, 5) is 25.4. The Bertz CT molecular complexity index is 936. The van der Waals surface area contributed by atoms with Crippen LogP contribution in [0.3, 0.4) is 0 Å². The Morgan fingerprint density at radius 2 is 2.04 bits per heavy atom. The van der Waals surface area contributed by atoms with Gasteiger partial charge in [-0.1, -0.05) is 12.1 Å². The van der Waals surface area contributed by atoms with Gasteiger partial charge in [-0.25, -0.2) is 0 Å². The largest absolute Gasteiger partial charge is 0.497 e. The zero-order chi connectivity index (χ0) is 18.7. The number of hydrogen-bond donors (Lipinski definition) is 2. The number of primary amides is 1. The number of carbonyl (C=O) groups excluding carboxylic acids is 2. The van der Waals surface area contributed by atoms with E-state index in [9.17, 15) is 14.9 Å². The molecule has 6 nitrogen and oxygen atoms in total. The van der Waals surface area contributed by atoms with Crippen molar-refractivity contribution < 1.29 is 14.3 Å². The quantitative estimate of drug-likeness (QED) is 0.626. The molecule has 0 aliphatic heterocycles. The van der Waals surface area contributed by atoms with Crippen molar-refractivity contribution in [3.05, 3.63) is 51.4 Å². The van der Waals surface area contributed by atoms with Crippen LogP contribution in [0.25, 0.3) is 6.08 Å². The van der Waals surface area contributed by atoms with Gasteiger partial charge in [0, 0.05) is 4.88 Å². The summed E-state index contributed by atoms with van der Waals surface area (Å²) in [5.74, 6) is -0.438. The van der Waals surface area contributed by atoms with Crippen molar-refractivity contribution in [1.82, 2.24) is 0 Å². The van der Waals surface area contributed by atoms with Crippen molar-refractivity contribution in [1.29, 1.82) is 5.26 Å². The molecule has 0 radical (unpaired) electrons. The lowest BCUT2D eigenvalue weighted by atomic mass is 10.1. The summed E-state index contributed by atoms with van der Waals surface area (Å²) in [6, 6.07) is 8.89. The molecule has 0 saturated carbocycles. The van der Waals surface area contributed by atoms with Crippen LogP contribution in [0, 0.1) is 11.3 Å². The average molecular weight is 367 g/mol. The Kier molecular flexibility index (Phi) is 5.05. The molecule has 2 aromatic rings. The number of thiophene rings is 1. The van der Waals surface area contributed by atoms with E-state index in [0.717, 1.165) is 29.7 Å². The van der Waals surface area contributed by atoms with Gasteiger partial charge in [-0.15, -0.1) is 11.3 Å². The van der Waals surface area contributed by atoms with Gasteiger partial charge in [0.15, 0.2) is 0 Å². The molecule has 1 aliphatic carbocycles. The number of carbonyl (C=O) groups is 2. The molecule has 0 unspecified atom stereocenters. The molecule has 0 atom stereocenters. The van der Waals surface area contributed by atoms with Crippen LogP contribution in [0.2, 0.25) is 0 Å². The number of nitrogens with zero attached hydrogens (tertiary/aromatic N) is 1. The number of nitrogens with two attached hydrogens (primary N) is 1. The number of hydrogen-bond acceptors (Lipinski definition) is 5. The molecule has 0 saturated heterocycles. The normalized spacial score (nSPS) is 13.0. The minimum absolute atomic E-state index is 0.0563. The van der Waals surface area contributed by atoms with E-state index in [4.69, 9.17) is 10.5 Å². The van der Waals surface area contributed by atoms with E-state index in [1.165, 1.54) is 17.4 Å². The number of methoxy groups -OCH3 is 1. The van der Waals surface area contributed by atoms with Crippen LogP contribution in [0.1, 0.15) is 32.8 Å². The fourth-order valence-electron chi connectivity index (χ4n) is 2.94. The van der Waals surface area contributed by atoms with Crippen molar-refractivity contribution in [2.75, 3.05) is 12.4 Å². The van der Waals surface area contributed by atoms with Crippen LogP contribution in [-0.2, 0) is 17.6 Å². The Balaban J connectivity index is 1.85. The molecule has 3 rings (SSSR count). The second-order valence-corrected chi connectivity index (χ2v) is 6.93. The highest BCUT2D eigenvalue weighted by atomic mass is 32.1. The molecule has 3 N–H and O–H groups in total. The lowest BCUT2D eigenvalue weighted by Crippen LogP contribution is -2.18. The predicted octanol–water partition coefficient (Wildman–Crippen LogP) is 2.89. The second kappa shape index (κ2) is 7.42. The van der Waals surface area contributed by atoms with Crippen molar-refractivity contribution in [2.24, 2.45) is 5.73 Å². The van der Waals surface area contributed by atoms with Gasteiger partial charge in [-0.3, -0.25) is 9.59 Å². The van der Waals surface area contributed by atoms with E-state index in [1.54, 1.807) is 31.4 Å². The molecule has 7 heteroatoms. The number of anilines is 1. The zero-order valence-electron chi connectivity index (χ0n) is 14.2. The second-order valence-electron chi connectivity index (χ2n) is 5.82. The number of fused-ring (bicyclic) bond motifs is 1. The van der Waals surface area contributed by atoms with Crippen molar-refractivity contribution in [2.45, 2.75) is 19.3 Å². The Labute approximate surface area is 154 Å². The number of ether oxygens (including phenoxy) is 1. The summed E-state index contributed by atoms with van der Waals surface area (Å²) in [7, 11) is 1.56. The number of nitrogens with one attached hydrogen (secondary N) is 1. The third kappa shape index (κ3) is 3.46. The highest BCUT2D eigenvalue weighted by molar-refractivity contribution is 7.17. The average Bonchev–Trinajstić information content (AvgIpc) is 3.20. The van der Waals surface area contributed by atoms with Gasteiger partial charge in [-0.2, -0.15) is 5.26 Å². The van der Waals surface area contributed by atoms with Gasteiger partial charge in [0.2, 0.25) is 0 Å². The first-order valence-corrected chi connectivity index (χ1v) is 8.86. The van der Waals surface area contributed by atoms with Crippen LogP contribution >= 0.6 is 11.3 Å². The predicted molar refractivity (Wildman–Crippen MR) is 100 cm³/mol. The van der Waals surface area contributed by atoms with Crippen LogP contribution in [0.4, 0.5) is 5.00 Å². The van der Waals surface area contributed by atoms with E-state index in [0.29, 0.717) is 21.9 Å². The van der Waals surface area contributed by atoms with Crippen LogP contribution in [0.15, 0.2) is 29.8 Å². The van der Waals surface area contributed by atoms with Gasteiger partial charge in [0.1, 0.15) is 22.4 Å². The number of benzene rings is 1. The highest BCUT2D eigenvalue weighted by Gasteiger charge is 2.26. The Morgan fingerprint density at radius 3 is 2.65 bits per heavy atom. The molecule has 1 aromatic carbocycles. The fraction of sp³-hybridized carbons (Fsp3) is 0.211. The number of rotatable bonds is 5. The minimum atomic E-state index is -0.564. The maximum atomic E-state index is 12.5. The summed E-state index contributed by atoms with van der Waals surface area (Å²) in [5.41, 5.74) is 7.43. The lowest BCUT2D eigenvalue weighted by molar-refractivity contribution is -0.112. The summed E-state index contributed by atoms with van der Waals surface area (Å²) in [6.45, 7) is 0.